The number of ether oxygens (including phenoxy) is 2. The summed E-state index contributed by atoms with van der Waals surface area (Å²) in [6.45, 7) is 2.95. The summed E-state index contributed by atoms with van der Waals surface area (Å²) in [5, 5.41) is 0. The molecule has 6 nitrogen and oxygen atoms in total. The Balaban J connectivity index is 1.31. The monoisotopic (exact) mass is 350 g/mol. The molecule has 0 spiro atoms. The van der Waals surface area contributed by atoms with E-state index in [0.29, 0.717) is 11.1 Å². The Hall–Kier alpha value is -2.70. The summed E-state index contributed by atoms with van der Waals surface area (Å²) in [6, 6.07) is 15.1. The number of nitrogens with zero attached hydrogens (tertiary/aromatic N) is 2. The van der Waals surface area contributed by atoms with Crippen molar-refractivity contribution in [2.75, 3.05) is 26.2 Å². The first-order valence-corrected chi connectivity index (χ1v) is 8.80. The number of hydrogen-bond acceptors (Lipinski definition) is 6. The average Bonchev–Trinajstić information content (AvgIpc) is 3.20. The van der Waals surface area contributed by atoms with Crippen LogP contribution in [0.15, 0.2) is 48.5 Å². The number of rotatable bonds is 2. The van der Waals surface area contributed by atoms with E-state index in [4.69, 9.17) is 9.47 Å². The maximum Gasteiger partial charge on any atom is 0.340 e. The second kappa shape index (κ2) is 5.93. The van der Waals surface area contributed by atoms with Crippen molar-refractivity contribution in [1.82, 2.24) is 9.80 Å². The zero-order chi connectivity index (χ0) is 17.7. The second-order valence-electron chi connectivity index (χ2n) is 6.76. The SMILES string of the molecule is O=C1OC(N2CCN(C3OC(=O)c4ccccc43)CC2)c2ccccc21. The van der Waals surface area contributed by atoms with Gasteiger partial charge in [0, 0.05) is 37.3 Å². The van der Waals surface area contributed by atoms with Crippen LogP contribution in [0.2, 0.25) is 0 Å². The molecule has 3 aliphatic heterocycles. The molecule has 26 heavy (non-hydrogen) atoms. The molecule has 2 aromatic rings. The lowest BCUT2D eigenvalue weighted by atomic mass is 10.1. The maximum absolute atomic E-state index is 12.0. The van der Waals surface area contributed by atoms with Crippen molar-refractivity contribution < 1.29 is 19.1 Å². The highest BCUT2D eigenvalue weighted by atomic mass is 16.6. The molecule has 0 aliphatic carbocycles. The van der Waals surface area contributed by atoms with Crippen LogP contribution in [0.1, 0.15) is 44.3 Å². The molecule has 5 rings (SSSR count). The van der Waals surface area contributed by atoms with E-state index in [1.807, 2.05) is 48.5 Å². The Kier molecular flexibility index (Phi) is 3.55. The number of cyclic esters (lactones) is 2. The third-order valence-corrected chi connectivity index (χ3v) is 5.34. The molecule has 3 heterocycles. The van der Waals surface area contributed by atoms with Gasteiger partial charge in [0.15, 0.2) is 12.5 Å². The van der Waals surface area contributed by atoms with Crippen LogP contribution in [0.4, 0.5) is 0 Å². The molecule has 1 saturated heterocycles. The molecule has 1 fully saturated rings. The zero-order valence-corrected chi connectivity index (χ0v) is 14.1. The summed E-state index contributed by atoms with van der Waals surface area (Å²) in [5.74, 6) is -0.515. The van der Waals surface area contributed by atoms with Gasteiger partial charge in [-0.2, -0.15) is 0 Å². The summed E-state index contributed by atoms with van der Waals surface area (Å²) in [5.41, 5.74) is 3.17. The summed E-state index contributed by atoms with van der Waals surface area (Å²) >= 11 is 0. The van der Waals surface area contributed by atoms with E-state index in [9.17, 15) is 9.59 Å². The van der Waals surface area contributed by atoms with Crippen LogP contribution in [-0.2, 0) is 9.47 Å². The zero-order valence-electron chi connectivity index (χ0n) is 14.1. The largest absolute Gasteiger partial charge is 0.438 e. The van der Waals surface area contributed by atoms with Crippen LogP contribution in [-0.4, -0.2) is 47.9 Å². The highest BCUT2D eigenvalue weighted by Gasteiger charge is 2.40. The van der Waals surface area contributed by atoms with Gasteiger partial charge in [0.25, 0.3) is 0 Å². The van der Waals surface area contributed by atoms with E-state index in [1.165, 1.54) is 0 Å². The smallest absolute Gasteiger partial charge is 0.340 e. The molecule has 0 radical (unpaired) electrons. The summed E-state index contributed by atoms with van der Waals surface area (Å²) in [4.78, 5) is 28.4. The lowest BCUT2D eigenvalue weighted by Gasteiger charge is -2.39. The van der Waals surface area contributed by atoms with Gasteiger partial charge in [-0.3, -0.25) is 9.80 Å². The standard InChI is InChI=1S/C20H18N2O4/c23-19-15-7-3-1-5-13(15)17(25-19)21-9-11-22(12-10-21)18-14-6-2-4-8-16(14)20(24)26-18/h1-8,17-18H,9-12H2. The van der Waals surface area contributed by atoms with E-state index in [0.717, 1.165) is 37.3 Å². The summed E-state index contributed by atoms with van der Waals surface area (Å²) in [7, 11) is 0. The van der Waals surface area contributed by atoms with Crippen molar-refractivity contribution in [2.24, 2.45) is 0 Å². The first-order valence-electron chi connectivity index (χ1n) is 8.80. The second-order valence-corrected chi connectivity index (χ2v) is 6.76. The Labute approximate surface area is 150 Å². The minimum atomic E-state index is -0.320. The molecule has 0 amide bonds. The molecule has 6 heteroatoms. The minimum Gasteiger partial charge on any atom is -0.438 e. The van der Waals surface area contributed by atoms with Gasteiger partial charge in [-0.1, -0.05) is 36.4 Å². The predicted molar refractivity (Wildman–Crippen MR) is 92.3 cm³/mol. The van der Waals surface area contributed by atoms with Crippen molar-refractivity contribution in [3.05, 3.63) is 70.8 Å². The van der Waals surface area contributed by atoms with Gasteiger partial charge >= 0.3 is 11.9 Å². The lowest BCUT2D eigenvalue weighted by molar-refractivity contribution is -0.0772. The van der Waals surface area contributed by atoms with Crippen molar-refractivity contribution in [1.29, 1.82) is 0 Å². The molecule has 0 N–H and O–H groups in total. The number of benzene rings is 2. The van der Waals surface area contributed by atoms with E-state index in [-0.39, 0.29) is 24.4 Å². The van der Waals surface area contributed by atoms with E-state index in [1.54, 1.807) is 0 Å². The van der Waals surface area contributed by atoms with Crippen LogP contribution < -0.4 is 0 Å². The number of piperazine rings is 1. The molecule has 2 unspecified atom stereocenters. The number of carbonyl (C=O) groups is 2. The van der Waals surface area contributed by atoms with Crippen LogP contribution in [0.3, 0.4) is 0 Å². The normalized spacial score (nSPS) is 25.5. The Morgan fingerprint density at radius 3 is 1.46 bits per heavy atom. The van der Waals surface area contributed by atoms with Crippen LogP contribution >= 0.6 is 0 Å². The van der Waals surface area contributed by atoms with Crippen LogP contribution in [0.25, 0.3) is 0 Å². The molecular formula is C20H18N2O4. The average molecular weight is 350 g/mol. The molecule has 132 valence electrons. The van der Waals surface area contributed by atoms with E-state index < -0.39 is 0 Å². The predicted octanol–water partition coefficient (Wildman–Crippen LogP) is 2.34. The third kappa shape index (κ3) is 2.34. The molecule has 0 bridgehead atoms. The van der Waals surface area contributed by atoms with Gasteiger partial charge in [0.2, 0.25) is 0 Å². The topological polar surface area (TPSA) is 59.1 Å². The highest BCUT2D eigenvalue weighted by Crippen LogP contribution is 2.37. The summed E-state index contributed by atoms with van der Waals surface area (Å²) in [6.07, 6.45) is -0.640. The van der Waals surface area contributed by atoms with Gasteiger partial charge in [-0.25, -0.2) is 9.59 Å². The van der Waals surface area contributed by atoms with Gasteiger partial charge in [-0.05, 0) is 12.1 Å². The Morgan fingerprint density at radius 1 is 0.654 bits per heavy atom. The highest BCUT2D eigenvalue weighted by molar-refractivity contribution is 5.94. The Bertz CT molecular complexity index is 815. The number of fused-ring (bicyclic) bond motifs is 2. The van der Waals surface area contributed by atoms with Gasteiger partial charge < -0.3 is 9.47 Å². The fourth-order valence-corrected chi connectivity index (χ4v) is 4.00. The molecular weight excluding hydrogens is 332 g/mol. The van der Waals surface area contributed by atoms with Crippen LogP contribution in [0, 0.1) is 0 Å². The van der Waals surface area contributed by atoms with Crippen molar-refractivity contribution in [3.8, 4) is 0 Å². The third-order valence-electron chi connectivity index (χ3n) is 5.34. The van der Waals surface area contributed by atoms with E-state index >= 15 is 0 Å². The van der Waals surface area contributed by atoms with Gasteiger partial charge in [-0.15, -0.1) is 0 Å². The van der Waals surface area contributed by atoms with Gasteiger partial charge in [0.1, 0.15) is 0 Å². The molecule has 2 aromatic carbocycles. The first-order chi connectivity index (χ1) is 12.7. The fourth-order valence-electron chi connectivity index (χ4n) is 4.00. The van der Waals surface area contributed by atoms with Crippen molar-refractivity contribution >= 4 is 11.9 Å². The number of esters is 2. The first kappa shape index (κ1) is 15.5. The van der Waals surface area contributed by atoms with Gasteiger partial charge in [0.05, 0.1) is 11.1 Å². The van der Waals surface area contributed by atoms with E-state index in [2.05, 4.69) is 9.80 Å². The van der Waals surface area contributed by atoms with Crippen LogP contribution in [0.5, 0.6) is 0 Å². The van der Waals surface area contributed by atoms with Crippen molar-refractivity contribution in [2.45, 2.75) is 12.5 Å². The maximum atomic E-state index is 12.0. The molecule has 2 atom stereocenters. The van der Waals surface area contributed by atoms with Crippen molar-refractivity contribution in [3.63, 3.8) is 0 Å². The number of hydrogen-bond donors (Lipinski definition) is 0. The molecule has 0 saturated carbocycles. The number of carbonyl (C=O) groups excluding carboxylic acids is 2. The quantitative estimate of drug-likeness (QED) is 0.775. The molecule has 0 aromatic heterocycles. The Morgan fingerprint density at radius 2 is 1.04 bits per heavy atom. The minimum absolute atomic E-state index is 0.258. The lowest BCUT2D eigenvalue weighted by Crippen LogP contribution is -2.48. The summed E-state index contributed by atoms with van der Waals surface area (Å²) < 4.78 is 11.2. The fraction of sp³-hybridized carbons (Fsp3) is 0.300. The molecule has 3 aliphatic rings.